The summed E-state index contributed by atoms with van der Waals surface area (Å²) in [6.07, 6.45) is 0.831. The van der Waals surface area contributed by atoms with Crippen LogP contribution in [0.4, 0.5) is 0 Å². The van der Waals surface area contributed by atoms with Crippen LogP contribution >= 0.6 is 11.8 Å². The fourth-order valence-corrected chi connectivity index (χ4v) is 4.45. The number of carbonyl (C=O) groups excluding carboxylic acids is 1. The van der Waals surface area contributed by atoms with Crippen molar-refractivity contribution < 1.29 is 14.7 Å². The Morgan fingerprint density at radius 1 is 1.47 bits per heavy atom. The minimum absolute atomic E-state index is 0.147. The minimum atomic E-state index is -0.862. The van der Waals surface area contributed by atoms with Crippen molar-refractivity contribution in [3.8, 4) is 0 Å². The molecule has 3 nitrogen and oxygen atoms in total. The van der Waals surface area contributed by atoms with Crippen molar-refractivity contribution in [2.75, 3.05) is 5.75 Å². The number of carboxylic acids is 1. The molecule has 0 saturated carbocycles. The second kappa shape index (κ2) is 5.08. The third-order valence-corrected chi connectivity index (χ3v) is 5.52. The summed E-state index contributed by atoms with van der Waals surface area (Å²) in [5, 5.41) is 9.84. The van der Waals surface area contributed by atoms with Gasteiger partial charge in [0, 0.05) is 0 Å². The number of carboxylic acid groups (broad SMARTS) is 1. The van der Waals surface area contributed by atoms with Crippen molar-refractivity contribution in [3.63, 3.8) is 0 Å². The normalized spacial score (nSPS) is 10.6. The Balaban J connectivity index is 2.61. The summed E-state index contributed by atoms with van der Waals surface area (Å²) in [4.78, 5) is 22.8. The van der Waals surface area contributed by atoms with Gasteiger partial charge < -0.3 is 0 Å². The Hall–Kier alpha value is -1.03. The van der Waals surface area contributed by atoms with Gasteiger partial charge in [0.25, 0.3) is 0 Å². The molecule has 0 aliphatic rings. The van der Waals surface area contributed by atoms with Crippen LogP contribution in [0.2, 0.25) is 0 Å². The average molecular weight is 313 g/mol. The summed E-state index contributed by atoms with van der Waals surface area (Å²) in [5.41, 5.74) is 0.647. The Bertz CT molecular complexity index is 589. The molecule has 88 valence electrons. The number of benzene rings is 1. The van der Waals surface area contributed by atoms with Gasteiger partial charge in [-0.1, -0.05) is 0 Å². The van der Waals surface area contributed by atoms with E-state index in [1.807, 2.05) is 13.0 Å². The summed E-state index contributed by atoms with van der Waals surface area (Å²) in [7, 11) is 0. The fourth-order valence-electron chi connectivity index (χ4n) is 1.56. The SMILES string of the molecule is CCSc1cc2[se]c(C(=O)O)cc2cc1C=O. The maximum atomic E-state index is 11.0. The van der Waals surface area contributed by atoms with E-state index in [0.29, 0.717) is 10.0 Å². The number of rotatable bonds is 4. The van der Waals surface area contributed by atoms with Crippen LogP contribution in [0.3, 0.4) is 0 Å². The fraction of sp³-hybridized carbons (Fsp3) is 0.167. The Kier molecular flexibility index (Phi) is 3.72. The van der Waals surface area contributed by atoms with Crippen LogP contribution < -0.4 is 0 Å². The van der Waals surface area contributed by atoms with E-state index in [2.05, 4.69) is 0 Å². The van der Waals surface area contributed by atoms with Crippen LogP contribution in [0.15, 0.2) is 23.1 Å². The second-order valence-corrected chi connectivity index (χ2v) is 6.97. The molecule has 17 heavy (non-hydrogen) atoms. The number of carbonyl (C=O) groups is 2. The van der Waals surface area contributed by atoms with Crippen molar-refractivity contribution in [1.82, 2.24) is 0 Å². The van der Waals surface area contributed by atoms with E-state index in [-0.39, 0.29) is 14.5 Å². The molecule has 1 heterocycles. The molecule has 0 spiro atoms. The van der Waals surface area contributed by atoms with Crippen LogP contribution in [-0.2, 0) is 0 Å². The van der Waals surface area contributed by atoms with Gasteiger partial charge in [-0.2, -0.15) is 0 Å². The predicted octanol–water partition coefficient (Wildman–Crippen LogP) is 2.52. The molecule has 0 atom stereocenters. The summed E-state index contributed by atoms with van der Waals surface area (Å²) in [6, 6.07) is 5.42. The summed E-state index contributed by atoms with van der Waals surface area (Å²) < 4.78 is 1.50. The number of hydrogen-bond donors (Lipinski definition) is 1. The van der Waals surface area contributed by atoms with Crippen LogP contribution in [0.25, 0.3) is 9.65 Å². The van der Waals surface area contributed by atoms with Gasteiger partial charge in [0.2, 0.25) is 0 Å². The number of thioether (sulfide) groups is 1. The first kappa shape index (κ1) is 12.4. The molecular weight excluding hydrogens is 303 g/mol. The van der Waals surface area contributed by atoms with Gasteiger partial charge in [0.1, 0.15) is 0 Å². The number of hydrogen-bond acceptors (Lipinski definition) is 3. The quantitative estimate of drug-likeness (QED) is 0.535. The monoisotopic (exact) mass is 314 g/mol. The van der Waals surface area contributed by atoms with E-state index in [9.17, 15) is 9.59 Å². The van der Waals surface area contributed by atoms with Crippen molar-refractivity contribution in [3.05, 3.63) is 28.2 Å². The van der Waals surface area contributed by atoms with Crippen molar-refractivity contribution in [2.45, 2.75) is 11.8 Å². The summed E-state index contributed by atoms with van der Waals surface area (Å²) >= 11 is 1.46. The average Bonchev–Trinajstić information content (AvgIpc) is 2.71. The van der Waals surface area contributed by atoms with E-state index in [4.69, 9.17) is 5.11 Å². The van der Waals surface area contributed by atoms with E-state index >= 15 is 0 Å². The first-order chi connectivity index (χ1) is 8.15. The Morgan fingerprint density at radius 3 is 2.82 bits per heavy atom. The van der Waals surface area contributed by atoms with Crippen molar-refractivity contribution >= 4 is 48.2 Å². The van der Waals surface area contributed by atoms with Gasteiger partial charge in [0.05, 0.1) is 0 Å². The molecule has 0 bridgehead atoms. The molecule has 0 aliphatic heterocycles. The number of aldehydes is 1. The molecule has 5 heteroatoms. The first-order valence-electron chi connectivity index (χ1n) is 5.04. The molecule has 0 saturated heterocycles. The maximum absolute atomic E-state index is 11.0. The molecular formula is C12H10O3SSe. The molecule has 2 rings (SSSR count). The third-order valence-electron chi connectivity index (χ3n) is 2.29. The van der Waals surface area contributed by atoms with Gasteiger partial charge in [0.15, 0.2) is 0 Å². The van der Waals surface area contributed by atoms with Gasteiger partial charge in [-0.3, -0.25) is 0 Å². The second-order valence-electron chi connectivity index (χ2n) is 3.39. The van der Waals surface area contributed by atoms with Gasteiger partial charge in [-0.05, 0) is 0 Å². The molecule has 1 aromatic carbocycles. The van der Waals surface area contributed by atoms with E-state index in [0.717, 1.165) is 26.6 Å². The van der Waals surface area contributed by atoms with Crippen molar-refractivity contribution in [2.24, 2.45) is 0 Å². The summed E-state index contributed by atoms with van der Waals surface area (Å²) in [5.74, 6) is 0.0322. The molecule has 1 N–H and O–H groups in total. The zero-order chi connectivity index (χ0) is 12.4. The Morgan fingerprint density at radius 2 is 2.24 bits per heavy atom. The first-order valence-corrected chi connectivity index (χ1v) is 7.74. The van der Waals surface area contributed by atoms with E-state index in [1.54, 1.807) is 23.9 Å². The molecule has 0 fully saturated rings. The Labute approximate surface area is 109 Å². The van der Waals surface area contributed by atoms with E-state index < -0.39 is 5.97 Å². The zero-order valence-corrected chi connectivity index (χ0v) is 11.6. The molecule has 0 radical (unpaired) electrons. The number of fused-ring (bicyclic) bond motifs is 1. The van der Waals surface area contributed by atoms with Crippen LogP contribution in [0.5, 0.6) is 0 Å². The molecule has 0 amide bonds. The molecule has 0 unspecified atom stereocenters. The predicted molar refractivity (Wildman–Crippen MR) is 69.6 cm³/mol. The van der Waals surface area contributed by atoms with Crippen LogP contribution in [0, 0.1) is 0 Å². The van der Waals surface area contributed by atoms with Gasteiger partial charge >= 0.3 is 109 Å². The molecule has 2 aromatic rings. The van der Waals surface area contributed by atoms with Gasteiger partial charge in [-0.25, -0.2) is 0 Å². The number of aromatic carboxylic acids is 1. The van der Waals surface area contributed by atoms with Crippen LogP contribution in [-0.4, -0.2) is 37.6 Å². The summed E-state index contributed by atoms with van der Waals surface area (Å²) in [6.45, 7) is 2.03. The molecule has 0 aliphatic carbocycles. The van der Waals surface area contributed by atoms with E-state index in [1.165, 1.54) is 0 Å². The van der Waals surface area contributed by atoms with Crippen molar-refractivity contribution in [1.29, 1.82) is 0 Å². The topological polar surface area (TPSA) is 54.4 Å². The molecule has 1 aromatic heterocycles. The van der Waals surface area contributed by atoms with Gasteiger partial charge in [-0.15, -0.1) is 0 Å². The third kappa shape index (κ3) is 2.46. The standard InChI is InChI=1S/C12H10O3SSe/c1-2-16-9-5-10-7(3-8(9)6-13)4-11(17-10)12(14)15/h3-6H,2H2,1H3,(H,14,15). The van der Waals surface area contributed by atoms with Crippen LogP contribution in [0.1, 0.15) is 26.5 Å². The zero-order valence-electron chi connectivity index (χ0n) is 9.10.